The van der Waals surface area contributed by atoms with E-state index in [4.69, 9.17) is 0 Å². The zero-order valence-corrected chi connectivity index (χ0v) is 12.1. The Labute approximate surface area is 112 Å². The highest BCUT2D eigenvalue weighted by Gasteiger charge is 2.33. The fraction of sp³-hybridized carbons (Fsp3) is 1.00. The van der Waals surface area contributed by atoms with Gasteiger partial charge in [-0.1, -0.05) is 19.8 Å². The molecule has 3 atom stereocenters. The van der Waals surface area contributed by atoms with Crippen LogP contribution in [0.15, 0.2) is 0 Å². The van der Waals surface area contributed by atoms with E-state index >= 15 is 0 Å². The van der Waals surface area contributed by atoms with Gasteiger partial charge in [-0.05, 0) is 51.7 Å². The molecule has 0 aromatic heterocycles. The first kappa shape index (κ1) is 14.3. The molecular formula is C15H30N2O. The van der Waals surface area contributed by atoms with Crippen LogP contribution in [0, 0.1) is 5.92 Å². The molecule has 0 aromatic rings. The zero-order chi connectivity index (χ0) is 13.0. The molecule has 1 aliphatic heterocycles. The number of hydrogen-bond donors (Lipinski definition) is 1. The van der Waals surface area contributed by atoms with Gasteiger partial charge in [0, 0.05) is 19.1 Å². The number of aliphatic hydroxyl groups excluding tert-OH is 1. The minimum atomic E-state index is -0.0819. The van der Waals surface area contributed by atoms with Crippen molar-refractivity contribution in [2.75, 3.05) is 33.2 Å². The van der Waals surface area contributed by atoms with E-state index in [9.17, 15) is 5.11 Å². The molecule has 2 rings (SSSR count). The molecule has 0 bridgehead atoms. The summed E-state index contributed by atoms with van der Waals surface area (Å²) in [6.45, 7) is 6.95. The van der Waals surface area contributed by atoms with Crippen molar-refractivity contribution in [3.8, 4) is 0 Å². The predicted molar refractivity (Wildman–Crippen MR) is 75.7 cm³/mol. The van der Waals surface area contributed by atoms with Crippen LogP contribution in [-0.4, -0.2) is 60.3 Å². The maximum Gasteiger partial charge on any atom is 0.0695 e. The zero-order valence-electron chi connectivity index (χ0n) is 12.1. The monoisotopic (exact) mass is 254 g/mol. The van der Waals surface area contributed by atoms with Crippen LogP contribution >= 0.6 is 0 Å². The van der Waals surface area contributed by atoms with Crippen molar-refractivity contribution < 1.29 is 5.11 Å². The van der Waals surface area contributed by atoms with Crippen molar-refractivity contribution in [3.63, 3.8) is 0 Å². The van der Waals surface area contributed by atoms with E-state index in [1.54, 1.807) is 0 Å². The Kier molecular flexibility index (Phi) is 5.46. The average Bonchev–Trinajstić information content (AvgIpc) is 2.57. The summed E-state index contributed by atoms with van der Waals surface area (Å²) in [4.78, 5) is 4.98. The highest BCUT2D eigenvalue weighted by atomic mass is 16.3. The first-order chi connectivity index (χ1) is 8.70. The Hall–Kier alpha value is -0.120. The summed E-state index contributed by atoms with van der Waals surface area (Å²) in [6.07, 6.45) is 7.27. The maximum absolute atomic E-state index is 10.3. The number of likely N-dealkylation sites (N-methyl/N-ethyl adjacent to an activating group) is 1. The maximum atomic E-state index is 10.3. The Morgan fingerprint density at radius 1 is 1.11 bits per heavy atom. The van der Waals surface area contributed by atoms with Crippen LogP contribution in [0.25, 0.3) is 0 Å². The van der Waals surface area contributed by atoms with Crippen LogP contribution in [0.5, 0.6) is 0 Å². The Bertz CT molecular complexity index is 247. The van der Waals surface area contributed by atoms with E-state index in [0.717, 1.165) is 25.4 Å². The number of hydrogen-bond acceptors (Lipinski definition) is 3. The smallest absolute Gasteiger partial charge is 0.0695 e. The standard InChI is InChI=1S/C15H30N2O/c1-3-5-13-6-7-15(18)14(12-13)17-9-4-8-16(2)10-11-17/h13-15,18H,3-12H2,1-2H3. The van der Waals surface area contributed by atoms with Crippen LogP contribution in [0.3, 0.4) is 0 Å². The van der Waals surface area contributed by atoms with Gasteiger partial charge >= 0.3 is 0 Å². The minimum Gasteiger partial charge on any atom is -0.391 e. The van der Waals surface area contributed by atoms with E-state index in [1.165, 1.54) is 45.2 Å². The van der Waals surface area contributed by atoms with Crippen molar-refractivity contribution >= 4 is 0 Å². The van der Waals surface area contributed by atoms with Gasteiger partial charge in [-0.3, -0.25) is 4.90 Å². The second kappa shape index (κ2) is 6.88. The van der Waals surface area contributed by atoms with E-state index in [2.05, 4.69) is 23.8 Å². The quantitative estimate of drug-likeness (QED) is 0.834. The third-order valence-electron chi connectivity index (χ3n) is 4.81. The van der Waals surface area contributed by atoms with Crippen molar-refractivity contribution in [3.05, 3.63) is 0 Å². The summed E-state index contributed by atoms with van der Waals surface area (Å²) in [5.41, 5.74) is 0. The molecular weight excluding hydrogens is 224 g/mol. The molecule has 0 amide bonds. The second-order valence-electron chi connectivity index (χ2n) is 6.30. The molecule has 1 N–H and O–H groups in total. The normalized spacial score (nSPS) is 36.5. The molecule has 1 saturated heterocycles. The minimum absolute atomic E-state index is 0.0819. The number of nitrogens with zero attached hydrogens (tertiary/aromatic N) is 2. The van der Waals surface area contributed by atoms with Gasteiger partial charge in [0.05, 0.1) is 6.10 Å². The average molecular weight is 254 g/mol. The summed E-state index contributed by atoms with van der Waals surface area (Å²) in [7, 11) is 2.21. The lowest BCUT2D eigenvalue weighted by Crippen LogP contribution is -2.48. The summed E-state index contributed by atoms with van der Waals surface area (Å²) in [5, 5.41) is 10.3. The SMILES string of the molecule is CCCC1CCC(O)C(N2CCCN(C)CC2)C1. The first-order valence-electron chi connectivity index (χ1n) is 7.81. The van der Waals surface area contributed by atoms with Crippen molar-refractivity contribution in [2.24, 2.45) is 5.92 Å². The number of aliphatic hydroxyl groups is 1. The molecule has 106 valence electrons. The van der Waals surface area contributed by atoms with Gasteiger partial charge in [-0.2, -0.15) is 0 Å². The summed E-state index contributed by atoms with van der Waals surface area (Å²) >= 11 is 0. The molecule has 0 radical (unpaired) electrons. The lowest BCUT2D eigenvalue weighted by atomic mass is 9.80. The molecule has 1 heterocycles. The fourth-order valence-electron chi connectivity index (χ4n) is 3.68. The summed E-state index contributed by atoms with van der Waals surface area (Å²) in [6, 6.07) is 0.432. The highest BCUT2D eigenvalue weighted by molar-refractivity contribution is 4.88. The van der Waals surface area contributed by atoms with Gasteiger partial charge in [-0.15, -0.1) is 0 Å². The van der Waals surface area contributed by atoms with Crippen LogP contribution in [0.4, 0.5) is 0 Å². The molecule has 2 aliphatic rings. The van der Waals surface area contributed by atoms with E-state index in [1.807, 2.05) is 0 Å². The molecule has 0 spiro atoms. The van der Waals surface area contributed by atoms with Gasteiger partial charge in [0.25, 0.3) is 0 Å². The largest absolute Gasteiger partial charge is 0.391 e. The molecule has 3 nitrogen and oxygen atoms in total. The fourth-order valence-corrected chi connectivity index (χ4v) is 3.68. The lowest BCUT2D eigenvalue weighted by molar-refractivity contribution is 0.00341. The highest BCUT2D eigenvalue weighted by Crippen LogP contribution is 2.31. The third-order valence-corrected chi connectivity index (χ3v) is 4.81. The molecule has 3 unspecified atom stereocenters. The molecule has 1 aliphatic carbocycles. The van der Waals surface area contributed by atoms with E-state index < -0.39 is 0 Å². The van der Waals surface area contributed by atoms with Crippen molar-refractivity contribution in [1.82, 2.24) is 9.80 Å². The molecule has 18 heavy (non-hydrogen) atoms. The summed E-state index contributed by atoms with van der Waals surface area (Å²) in [5.74, 6) is 0.851. The summed E-state index contributed by atoms with van der Waals surface area (Å²) < 4.78 is 0. The van der Waals surface area contributed by atoms with Crippen molar-refractivity contribution in [1.29, 1.82) is 0 Å². The van der Waals surface area contributed by atoms with Crippen LogP contribution in [0.1, 0.15) is 45.4 Å². The van der Waals surface area contributed by atoms with Gasteiger partial charge in [0.15, 0.2) is 0 Å². The van der Waals surface area contributed by atoms with Gasteiger partial charge < -0.3 is 10.0 Å². The van der Waals surface area contributed by atoms with E-state index in [-0.39, 0.29) is 6.10 Å². The molecule has 0 aromatic carbocycles. The van der Waals surface area contributed by atoms with Gasteiger partial charge in [0.2, 0.25) is 0 Å². The molecule has 3 heteroatoms. The van der Waals surface area contributed by atoms with Crippen LogP contribution in [-0.2, 0) is 0 Å². The lowest BCUT2D eigenvalue weighted by Gasteiger charge is -2.40. The van der Waals surface area contributed by atoms with E-state index in [0.29, 0.717) is 6.04 Å². The first-order valence-corrected chi connectivity index (χ1v) is 7.81. The van der Waals surface area contributed by atoms with Crippen LogP contribution < -0.4 is 0 Å². The van der Waals surface area contributed by atoms with Gasteiger partial charge in [0.1, 0.15) is 0 Å². The Morgan fingerprint density at radius 3 is 2.72 bits per heavy atom. The van der Waals surface area contributed by atoms with Crippen molar-refractivity contribution in [2.45, 2.75) is 57.6 Å². The Balaban J connectivity index is 1.91. The number of rotatable bonds is 3. The van der Waals surface area contributed by atoms with Crippen LogP contribution in [0.2, 0.25) is 0 Å². The van der Waals surface area contributed by atoms with Gasteiger partial charge in [-0.25, -0.2) is 0 Å². The molecule has 1 saturated carbocycles. The predicted octanol–water partition coefficient (Wildman–Crippen LogP) is 1.95. The topological polar surface area (TPSA) is 26.7 Å². The Morgan fingerprint density at radius 2 is 1.94 bits per heavy atom. The second-order valence-corrected chi connectivity index (χ2v) is 6.30. The third kappa shape index (κ3) is 3.69. The molecule has 2 fully saturated rings.